The zero-order chi connectivity index (χ0) is 15.2. The van der Waals surface area contributed by atoms with Crippen molar-refractivity contribution >= 4 is 46.0 Å². The third-order valence-electron chi connectivity index (χ3n) is 2.80. The molecule has 0 spiro atoms. The predicted molar refractivity (Wildman–Crippen MR) is 93.3 cm³/mol. The van der Waals surface area contributed by atoms with Crippen LogP contribution >= 0.6 is 22.6 Å². The van der Waals surface area contributed by atoms with Crippen molar-refractivity contribution in [1.82, 2.24) is 0 Å². The molecule has 0 aliphatic carbocycles. The first kappa shape index (κ1) is 15.4. The lowest BCUT2D eigenvalue weighted by Crippen LogP contribution is -2.05. The third kappa shape index (κ3) is 4.53. The maximum atomic E-state index is 12.1. The van der Waals surface area contributed by atoms with Gasteiger partial charge in [-0.05, 0) is 58.5 Å². The average molecular weight is 391 g/mol. The van der Waals surface area contributed by atoms with E-state index in [9.17, 15) is 9.59 Å². The highest BCUT2D eigenvalue weighted by molar-refractivity contribution is 14.1. The Kier molecular flexibility index (Phi) is 5.27. The van der Waals surface area contributed by atoms with Gasteiger partial charge in [0.05, 0.1) is 0 Å². The molecule has 0 atom stereocenters. The smallest absolute Gasteiger partial charge is 0.221 e. The SMILES string of the molecule is CC(=O)Nc1ccc(/C=C/C(=O)c2ccccc2I)cc1. The number of hydrogen-bond acceptors (Lipinski definition) is 2. The van der Waals surface area contributed by atoms with Crippen molar-refractivity contribution in [3.8, 4) is 0 Å². The van der Waals surface area contributed by atoms with E-state index in [0.717, 1.165) is 14.8 Å². The lowest BCUT2D eigenvalue weighted by molar-refractivity contribution is -0.114. The Morgan fingerprint density at radius 2 is 1.71 bits per heavy atom. The van der Waals surface area contributed by atoms with Crippen molar-refractivity contribution < 1.29 is 9.59 Å². The van der Waals surface area contributed by atoms with Crippen molar-refractivity contribution in [2.45, 2.75) is 6.92 Å². The molecule has 0 bridgehead atoms. The highest BCUT2D eigenvalue weighted by atomic mass is 127. The number of carbonyl (C=O) groups excluding carboxylic acids is 2. The quantitative estimate of drug-likeness (QED) is 0.484. The lowest BCUT2D eigenvalue weighted by Gasteiger charge is -2.02. The van der Waals surface area contributed by atoms with E-state index in [1.165, 1.54) is 6.92 Å². The van der Waals surface area contributed by atoms with Crippen molar-refractivity contribution in [2.75, 3.05) is 5.32 Å². The second kappa shape index (κ2) is 7.17. The van der Waals surface area contributed by atoms with Gasteiger partial charge < -0.3 is 5.32 Å². The first-order chi connectivity index (χ1) is 10.1. The Bertz CT molecular complexity index is 690. The number of hydrogen-bond donors (Lipinski definition) is 1. The molecule has 0 unspecified atom stereocenters. The van der Waals surface area contributed by atoms with Crippen LogP contribution in [0.2, 0.25) is 0 Å². The van der Waals surface area contributed by atoms with E-state index < -0.39 is 0 Å². The average Bonchev–Trinajstić information content (AvgIpc) is 2.46. The summed E-state index contributed by atoms with van der Waals surface area (Å²) < 4.78 is 0.936. The number of nitrogens with one attached hydrogen (secondary N) is 1. The predicted octanol–water partition coefficient (Wildman–Crippen LogP) is 4.15. The van der Waals surface area contributed by atoms with Crippen LogP contribution in [0.5, 0.6) is 0 Å². The molecule has 1 amide bonds. The normalized spacial score (nSPS) is 10.6. The molecule has 0 saturated heterocycles. The Morgan fingerprint density at radius 3 is 2.33 bits per heavy atom. The van der Waals surface area contributed by atoms with Gasteiger partial charge in [0, 0.05) is 21.7 Å². The molecular formula is C17H14INO2. The third-order valence-corrected chi connectivity index (χ3v) is 3.74. The maximum Gasteiger partial charge on any atom is 0.221 e. The fourth-order valence-electron chi connectivity index (χ4n) is 1.80. The number of anilines is 1. The first-order valence-corrected chi connectivity index (χ1v) is 7.49. The van der Waals surface area contributed by atoms with Crippen molar-refractivity contribution in [1.29, 1.82) is 0 Å². The molecule has 0 saturated carbocycles. The number of amides is 1. The number of ketones is 1. The zero-order valence-electron chi connectivity index (χ0n) is 11.5. The van der Waals surface area contributed by atoms with Gasteiger partial charge in [-0.1, -0.05) is 30.3 Å². The molecule has 2 aromatic rings. The number of halogens is 1. The molecule has 0 aromatic heterocycles. The Balaban J connectivity index is 2.09. The zero-order valence-corrected chi connectivity index (χ0v) is 13.6. The van der Waals surface area contributed by atoms with Crippen LogP contribution in [0, 0.1) is 3.57 Å². The molecule has 0 radical (unpaired) electrons. The summed E-state index contributed by atoms with van der Waals surface area (Å²) >= 11 is 2.15. The van der Waals surface area contributed by atoms with E-state index >= 15 is 0 Å². The molecule has 0 heterocycles. The van der Waals surface area contributed by atoms with E-state index in [0.29, 0.717) is 5.56 Å². The summed E-state index contributed by atoms with van der Waals surface area (Å²) in [6.07, 6.45) is 3.33. The number of benzene rings is 2. The fourth-order valence-corrected chi connectivity index (χ4v) is 2.46. The van der Waals surface area contributed by atoms with Gasteiger partial charge in [0.15, 0.2) is 5.78 Å². The van der Waals surface area contributed by atoms with E-state index in [1.807, 2.05) is 36.4 Å². The standard InChI is InChI=1S/C17H14INO2/c1-12(20)19-14-9-6-13(7-10-14)8-11-17(21)15-4-2-3-5-16(15)18/h2-11H,1H3,(H,19,20)/b11-8+. The fraction of sp³-hybridized carbons (Fsp3) is 0.0588. The summed E-state index contributed by atoms with van der Waals surface area (Å²) in [5, 5.41) is 2.70. The highest BCUT2D eigenvalue weighted by Gasteiger charge is 2.05. The summed E-state index contributed by atoms with van der Waals surface area (Å²) in [6, 6.07) is 14.8. The molecule has 0 aliphatic rings. The summed E-state index contributed by atoms with van der Waals surface area (Å²) in [4.78, 5) is 23.0. The van der Waals surface area contributed by atoms with Crippen LogP contribution < -0.4 is 5.32 Å². The Hall–Kier alpha value is -1.95. The van der Waals surface area contributed by atoms with Gasteiger partial charge in [-0.2, -0.15) is 0 Å². The molecule has 0 aliphatic heterocycles. The molecule has 0 fully saturated rings. The topological polar surface area (TPSA) is 46.2 Å². The molecule has 3 nitrogen and oxygen atoms in total. The summed E-state index contributed by atoms with van der Waals surface area (Å²) in [5.74, 6) is -0.127. The van der Waals surface area contributed by atoms with E-state index in [1.54, 1.807) is 24.3 Å². The molecule has 4 heteroatoms. The largest absolute Gasteiger partial charge is 0.326 e. The summed E-state index contributed by atoms with van der Waals surface area (Å²) in [6.45, 7) is 1.47. The van der Waals surface area contributed by atoms with Gasteiger partial charge in [0.25, 0.3) is 0 Å². The maximum absolute atomic E-state index is 12.1. The van der Waals surface area contributed by atoms with Crippen LogP contribution in [0.4, 0.5) is 5.69 Å². The molecule has 2 rings (SSSR count). The van der Waals surface area contributed by atoms with Crippen LogP contribution in [0.15, 0.2) is 54.6 Å². The minimum Gasteiger partial charge on any atom is -0.326 e. The van der Waals surface area contributed by atoms with Crippen LogP contribution in [0.1, 0.15) is 22.8 Å². The molecule has 2 aromatic carbocycles. The van der Waals surface area contributed by atoms with E-state index in [4.69, 9.17) is 0 Å². The Morgan fingerprint density at radius 1 is 1.05 bits per heavy atom. The van der Waals surface area contributed by atoms with Gasteiger partial charge in [0.1, 0.15) is 0 Å². The summed E-state index contributed by atoms with van der Waals surface area (Å²) in [7, 11) is 0. The first-order valence-electron chi connectivity index (χ1n) is 6.41. The van der Waals surface area contributed by atoms with Gasteiger partial charge in [-0.15, -0.1) is 0 Å². The van der Waals surface area contributed by atoms with E-state index in [-0.39, 0.29) is 11.7 Å². The van der Waals surface area contributed by atoms with Crippen molar-refractivity contribution in [2.24, 2.45) is 0 Å². The monoisotopic (exact) mass is 391 g/mol. The van der Waals surface area contributed by atoms with Crippen LogP contribution in [0.25, 0.3) is 6.08 Å². The van der Waals surface area contributed by atoms with Crippen LogP contribution in [-0.2, 0) is 4.79 Å². The molecular weight excluding hydrogens is 377 g/mol. The molecule has 106 valence electrons. The van der Waals surface area contributed by atoms with E-state index in [2.05, 4.69) is 27.9 Å². The summed E-state index contributed by atoms with van der Waals surface area (Å²) in [5.41, 5.74) is 2.34. The van der Waals surface area contributed by atoms with Gasteiger partial charge in [-0.3, -0.25) is 9.59 Å². The molecule has 1 N–H and O–H groups in total. The van der Waals surface area contributed by atoms with Crippen LogP contribution in [-0.4, -0.2) is 11.7 Å². The van der Waals surface area contributed by atoms with Gasteiger partial charge >= 0.3 is 0 Å². The van der Waals surface area contributed by atoms with Gasteiger partial charge in [-0.25, -0.2) is 0 Å². The number of rotatable bonds is 4. The highest BCUT2D eigenvalue weighted by Crippen LogP contribution is 2.14. The lowest BCUT2D eigenvalue weighted by atomic mass is 10.1. The number of allylic oxidation sites excluding steroid dienone is 1. The van der Waals surface area contributed by atoms with Crippen molar-refractivity contribution in [3.63, 3.8) is 0 Å². The minimum absolute atomic E-state index is 0.0223. The molecule has 21 heavy (non-hydrogen) atoms. The minimum atomic E-state index is -0.105. The second-order valence-electron chi connectivity index (χ2n) is 4.48. The van der Waals surface area contributed by atoms with Crippen molar-refractivity contribution in [3.05, 3.63) is 69.3 Å². The van der Waals surface area contributed by atoms with Gasteiger partial charge in [0.2, 0.25) is 5.91 Å². The van der Waals surface area contributed by atoms with Crippen LogP contribution in [0.3, 0.4) is 0 Å². The second-order valence-corrected chi connectivity index (χ2v) is 5.64. The Labute approximate surface area is 137 Å². The number of carbonyl (C=O) groups is 2.